The zero-order valence-electron chi connectivity index (χ0n) is 8.29. The first kappa shape index (κ1) is 19.1. The summed E-state index contributed by atoms with van der Waals surface area (Å²) in [5, 5.41) is -7.40. The molecular weight excluding hydrogens is 349 g/mol. The van der Waals surface area contributed by atoms with Crippen molar-refractivity contribution in [2.45, 2.75) is 29.2 Å². The Morgan fingerprint density at radius 3 is 1.10 bits per heavy atom. The lowest BCUT2D eigenvalue weighted by atomic mass is 10.0. The van der Waals surface area contributed by atoms with E-state index in [0.717, 1.165) is 0 Å². The Kier molecular flexibility index (Phi) is 4.13. The molecule has 20 heavy (non-hydrogen) atoms. The van der Waals surface area contributed by atoms with Gasteiger partial charge in [0.2, 0.25) is 0 Å². The average Bonchev–Trinajstić information content (AvgIpc) is 2.12. The fraction of sp³-hybridized carbons (Fsp3) is 1.00. The molecule has 0 saturated heterocycles. The molecule has 122 valence electrons. The number of alkyl halides is 11. The fourth-order valence-electron chi connectivity index (χ4n) is 0.715. The Hall–Kier alpha value is -0.860. The summed E-state index contributed by atoms with van der Waals surface area (Å²) in [4.78, 5) is 0. The molecule has 0 aromatic carbocycles. The van der Waals surface area contributed by atoms with Crippen molar-refractivity contribution in [3.8, 4) is 0 Å². The number of hydrogen-bond acceptors (Lipinski definition) is 3. The fourth-order valence-corrected chi connectivity index (χ4v) is 1.16. The SMILES string of the molecule is O=S(=O)([O-])C(F)(F)C(F)(F)C(F)(F)C(F)(F)C(F)(F)F. The van der Waals surface area contributed by atoms with Crippen molar-refractivity contribution < 1.29 is 61.3 Å². The van der Waals surface area contributed by atoms with Gasteiger partial charge in [-0.1, -0.05) is 0 Å². The summed E-state index contributed by atoms with van der Waals surface area (Å²) in [6.45, 7) is 0. The van der Waals surface area contributed by atoms with Crippen LogP contribution in [0, 0.1) is 0 Å². The van der Waals surface area contributed by atoms with E-state index in [4.69, 9.17) is 0 Å². The molecule has 0 heterocycles. The molecule has 0 spiro atoms. The van der Waals surface area contributed by atoms with Crippen LogP contribution in [0.3, 0.4) is 0 Å². The number of halogens is 11. The van der Waals surface area contributed by atoms with E-state index < -0.39 is 39.3 Å². The second-order valence-electron chi connectivity index (χ2n) is 3.19. The van der Waals surface area contributed by atoms with Gasteiger partial charge in [0.25, 0.3) is 0 Å². The van der Waals surface area contributed by atoms with Gasteiger partial charge in [0.05, 0.1) is 0 Å². The minimum atomic E-state index is -7.90. The number of rotatable bonds is 4. The predicted octanol–water partition coefficient (Wildman–Crippen LogP) is 2.59. The standard InChI is InChI=1S/C5HF11O3S/c6-1(7,2(8,9)4(12,13)14)3(10,11)5(15,16)20(17,18)19/h(H,17,18,19)/p-1. The molecule has 0 amide bonds. The first-order valence-electron chi connectivity index (χ1n) is 3.78. The normalized spacial score (nSPS) is 16.4. The van der Waals surface area contributed by atoms with Gasteiger partial charge >= 0.3 is 29.2 Å². The van der Waals surface area contributed by atoms with Crippen molar-refractivity contribution in [1.29, 1.82) is 0 Å². The average molecular weight is 349 g/mol. The van der Waals surface area contributed by atoms with Gasteiger partial charge in [-0.2, -0.15) is 48.3 Å². The van der Waals surface area contributed by atoms with Gasteiger partial charge in [-0.3, -0.25) is 0 Å². The highest BCUT2D eigenvalue weighted by Crippen LogP contribution is 2.58. The molecule has 0 aromatic heterocycles. The molecule has 0 N–H and O–H groups in total. The van der Waals surface area contributed by atoms with Crippen molar-refractivity contribution in [3.05, 3.63) is 0 Å². The Morgan fingerprint density at radius 1 is 0.600 bits per heavy atom. The highest BCUT2D eigenvalue weighted by Gasteiger charge is 2.88. The lowest BCUT2D eigenvalue weighted by molar-refractivity contribution is -0.413. The lowest BCUT2D eigenvalue weighted by Crippen LogP contribution is -2.67. The van der Waals surface area contributed by atoms with E-state index in [1.54, 1.807) is 0 Å². The van der Waals surface area contributed by atoms with E-state index in [2.05, 4.69) is 0 Å². The summed E-state index contributed by atoms with van der Waals surface area (Å²) >= 11 is 0. The summed E-state index contributed by atoms with van der Waals surface area (Å²) in [6.07, 6.45) is -7.41. The molecule has 0 aromatic rings. The summed E-state index contributed by atoms with van der Waals surface area (Å²) in [6, 6.07) is 0. The van der Waals surface area contributed by atoms with Gasteiger partial charge in [0.1, 0.15) is 0 Å². The van der Waals surface area contributed by atoms with Crippen LogP contribution < -0.4 is 0 Å². The first-order chi connectivity index (χ1) is 8.25. The van der Waals surface area contributed by atoms with Crippen molar-refractivity contribution >= 4 is 10.1 Å². The second-order valence-corrected chi connectivity index (χ2v) is 4.61. The zero-order chi connectivity index (χ0) is 17.0. The molecule has 0 unspecified atom stereocenters. The van der Waals surface area contributed by atoms with Crippen molar-refractivity contribution in [1.82, 2.24) is 0 Å². The Labute approximate surface area is 102 Å². The van der Waals surface area contributed by atoms with E-state index in [-0.39, 0.29) is 0 Å². The van der Waals surface area contributed by atoms with Crippen molar-refractivity contribution in [2.24, 2.45) is 0 Å². The summed E-state index contributed by atoms with van der Waals surface area (Å²) in [5.74, 6) is -23.4. The second kappa shape index (κ2) is 4.32. The zero-order valence-corrected chi connectivity index (χ0v) is 9.11. The van der Waals surface area contributed by atoms with Crippen molar-refractivity contribution in [2.75, 3.05) is 0 Å². The molecular formula is C5F11O3S-. The van der Waals surface area contributed by atoms with Crippen LogP contribution in [0.1, 0.15) is 0 Å². The maximum absolute atomic E-state index is 12.4. The van der Waals surface area contributed by atoms with Gasteiger partial charge in [0.15, 0.2) is 10.1 Å². The van der Waals surface area contributed by atoms with Crippen LogP contribution in [0.2, 0.25) is 0 Å². The van der Waals surface area contributed by atoms with E-state index in [9.17, 15) is 61.3 Å². The van der Waals surface area contributed by atoms with Gasteiger partial charge < -0.3 is 4.55 Å². The van der Waals surface area contributed by atoms with Gasteiger partial charge in [-0.15, -0.1) is 0 Å². The summed E-state index contributed by atoms with van der Waals surface area (Å²) < 4.78 is 162. The van der Waals surface area contributed by atoms with Crippen LogP contribution in [0.5, 0.6) is 0 Å². The Balaban J connectivity index is 6.22. The molecule has 0 atom stereocenters. The quantitative estimate of drug-likeness (QED) is 0.579. The molecule has 15 heteroatoms. The van der Waals surface area contributed by atoms with E-state index >= 15 is 0 Å². The smallest absolute Gasteiger partial charge is 0.460 e. The topological polar surface area (TPSA) is 57.2 Å². The lowest BCUT2D eigenvalue weighted by Gasteiger charge is -2.37. The Bertz CT molecular complexity index is 475. The van der Waals surface area contributed by atoms with E-state index in [1.165, 1.54) is 0 Å². The molecule has 0 rings (SSSR count). The van der Waals surface area contributed by atoms with Gasteiger partial charge in [0, 0.05) is 0 Å². The molecule has 0 bridgehead atoms. The van der Waals surface area contributed by atoms with Crippen LogP contribution >= 0.6 is 0 Å². The van der Waals surface area contributed by atoms with E-state index in [0.29, 0.717) is 0 Å². The van der Waals surface area contributed by atoms with Crippen LogP contribution in [-0.4, -0.2) is 42.2 Å². The van der Waals surface area contributed by atoms with E-state index in [1.807, 2.05) is 0 Å². The number of hydrogen-bond donors (Lipinski definition) is 0. The highest BCUT2D eigenvalue weighted by atomic mass is 32.2. The molecule has 0 radical (unpaired) electrons. The minimum Gasteiger partial charge on any atom is -0.743 e. The maximum atomic E-state index is 12.4. The first-order valence-corrected chi connectivity index (χ1v) is 5.19. The Morgan fingerprint density at radius 2 is 0.900 bits per heavy atom. The summed E-state index contributed by atoms with van der Waals surface area (Å²) in [7, 11) is -7.66. The van der Waals surface area contributed by atoms with Gasteiger partial charge in [-0.25, -0.2) is 8.42 Å². The molecule has 0 saturated carbocycles. The molecule has 0 aliphatic heterocycles. The molecule has 0 aliphatic carbocycles. The molecule has 3 nitrogen and oxygen atoms in total. The third-order valence-electron chi connectivity index (χ3n) is 1.82. The van der Waals surface area contributed by atoms with Crippen LogP contribution in [0.4, 0.5) is 48.3 Å². The van der Waals surface area contributed by atoms with Gasteiger partial charge in [-0.05, 0) is 0 Å². The largest absolute Gasteiger partial charge is 0.743 e. The van der Waals surface area contributed by atoms with Crippen LogP contribution in [0.15, 0.2) is 0 Å². The maximum Gasteiger partial charge on any atom is 0.460 e. The molecule has 0 aliphatic rings. The van der Waals surface area contributed by atoms with Crippen molar-refractivity contribution in [3.63, 3.8) is 0 Å². The summed E-state index contributed by atoms with van der Waals surface area (Å²) in [5.41, 5.74) is 0. The monoisotopic (exact) mass is 349 g/mol. The highest BCUT2D eigenvalue weighted by molar-refractivity contribution is 7.86. The third-order valence-corrected chi connectivity index (χ3v) is 2.71. The van der Waals surface area contributed by atoms with Crippen LogP contribution in [0.25, 0.3) is 0 Å². The molecule has 0 fully saturated rings. The third kappa shape index (κ3) is 2.29. The predicted molar refractivity (Wildman–Crippen MR) is 35.5 cm³/mol. The minimum absolute atomic E-state index is 7.40. The van der Waals surface area contributed by atoms with Crippen LogP contribution in [-0.2, 0) is 10.1 Å².